The largest absolute Gasteiger partial charge is 0.493 e. The number of carbonyl (C=O) groups excluding carboxylic acids is 1. The first-order valence-electron chi connectivity index (χ1n) is 13.8. The molecule has 39 heavy (non-hydrogen) atoms. The number of fused-ring (bicyclic) bond motifs is 1. The van der Waals surface area contributed by atoms with Crippen LogP contribution in [0.5, 0.6) is 5.75 Å². The maximum absolute atomic E-state index is 13.4. The molecule has 1 unspecified atom stereocenters. The summed E-state index contributed by atoms with van der Waals surface area (Å²) in [6.07, 6.45) is 10.2. The highest BCUT2D eigenvalue weighted by Gasteiger charge is 2.31. The van der Waals surface area contributed by atoms with Crippen LogP contribution in [0.3, 0.4) is 0 Å². The number of ether oxygens (including phenoxy) is 1. The Balaban J connectivity index is 1.49. The predicted molar refractivity (Wildman–Crippen MR) is 160 cm³/mol. The summed E-state index contributed by atoms with van der Waals surface area (Å²) in [5, 5.41) is 11.3. The number of rotatable bonds is 8. The molecule has 2 aromatic rings. The summed E-state index contributed by atoms with van der Waals surface area (Å²) >= 11 is 6.04. The molecule has 0 bridgehead atoms. The van der Waals surface area contributed by atoms with E-state index in [0.29, 0.717) is 18.2 Å². The zero-order chi connectivity index (χ0) is 28.0. The first-order valence-corrected chi connectivity index (χ1v) is 14.2. The molecule has 3 N–H and O–H groups in total. The molecule has 1 amide bonds. The lowest BCUT2D eigenvalue weighted by atomic mass is 9.90. The molecule has 1 saturated heterocycles. The molecular weight excluding hydrogens is 510 g/mol. The molecule has 7 heteroatoms. The summed E-state index contributed by atoms with van der Waals surface area (Å²) in [5.41, 5.74) is 9.67. The fourth-order valence-electron chi connectivity index (χ4n) is 5.35. The lowest BCUT2D eigenvalue weighted by molar-refractivity contribution is -0.122. The van der Waals surface area contributed by atoms with Gasteiger partial charge in [0, 0.05) is 42.3 Å². The molecule has 0 aromatic heterocycles. The molecule has 2 aromatic carbocycles. The molecule has 6 nitrogen and oxygen atoms in total. The van der Waals surface area contributed by atoms with Crippen LogP contribution < -0.4 is 15.4 Å². The van der Waals surface area contributed by atoms with Crippen molar-refractivity contribution in [2.75, 3.05) is 37.7 Å². The van der Waals surface area contributed by atoms with Crippen molar-refractivity contribution in [3.63, 3.8) is 0 Å². The smallest absolute Gasteiger partial charge is 0.231 e. The molecule has 2 aliphatic rings. The Morgan fingerprint density at radius 1 is 1.26 bits per heavy atom. The number of carbonyl (C=O) groups is 1. The van der Waals surface area contributed by atoms with Crippen LogP contribution in [0.2, 0.25) is 5.02 Å². The van der Waals surface area contributed by atoms with Gasteiger partial charge in [0.2, 0.25) is 5.91 Å². The number of hydrogen-bond donors (Lipinski definition) is 2. The number of nitrogens with two attached hydrogens (primary N) is 1. The first-order chi connectivity index (χ1) is 18.7. The van der Waals surface area contributed by atoms with E-state index >= 15 is 0 Å². The van der Waals surface area contributed by atoms with Crippen LogP contribution in [-0.2, 0) is 10.4 Å². The molecule has 0 aliphatic carbocycles. The van der Waals surface area contributed by atoms with Crippen molar-refractivity contribution < 1.29 is 14.6 Å². The van der Waals surface area contributed by atoms with Gasteiger partial charge >= 0.3 is 0 Å². The summed E-state index contributed by atoms with van der Waals surface area (Å²) in [7, 11) is 0. The minimum Gasteiger partial charge on any atom is -0.493 e. The average molecular weight is 550 g/mol. The van der Waals surface area contributed by atoms with Gasteiger partial charge in [-0.2, -0.15) is 0 Å². The van der Waals surface area contributed by atoms with Crippen molar-refractivity contribution in [3.8, 4) is 5.75 Å². The van der Waals surface area contributed by atoms with E-state index in [0.717, 1.165) is 72.6 Å². The van der Waals surface area contributed by atoms with Crippen molar-refractivity contribution in [3.05, 3.63) is 88.6 Å². The minimum atomic E-state index is -0.955. The third kappa shape index (κ3) is 7.13. The normalized spacial score (nSPS) is 20.3. The maximum atomic E-state index is 13.4. The second-order valence-corrected chi connectivity index (χ2v) is 11.1. The van der Waals surface area contributed by atoms with E-state index in [2.05, 4.69) is 11.0 Å². The van der Waals surface area contributed by atoms with E-state index in [-0.39, 0.29) is 11.8 Å². The van der Waals surface area contributed by atoms with Crippen LogP contribution in [0.15, 0.2) is 72.5 Å². The van der Waals surface area contributed by atoms with E-state index in [4.69, 9.17) is 22.1 Å². The molecule has 1 atom stereocenters. The summed E-state index contributed by atoms with van der Waals surface area (Å²) in [6, 6.07) is 13.4. The number of aliphatic hydroxyl groups is 1. The Morgan fingerprint density at radius 2 is 2.03 bits per heavy atom. The van der Waals surface area contributed by atoms with Crippen LogP contribution in [0, 0.1) is 5.92 Å². The van der Waals surface area contributed by atoms with Crippen LogP contribution in [-0.4, -0.2) is 48.7 Å². The first kappa shape index (κ1) is 28.9. The second kappa shape index (κ2) is 12.9. The SMILES string of the molecule is CCN(C(=O)C1CCN(CCC=C2/C(=C/C=C\N)CCOc3ccc(C(C)(C)O)cc32)C1)c1ccc(Cl)cc1. The van der Waals surface area contributed by atoms with E-state index in [1.54, 1.807) is 13.8 Å². The van der Waals surface area contributed by atoms with Crippen LogP contribution in [0.4, 0.5) is 5.69 Å². The molecule has 2 heterocycles. The highest BCUT2D eigenvalue weighted by atomic mass is 35.5. The molecule has 1 fully saturated rings. The third-order valence-electron chi connectivity index (χ3n) is 7.50. The van der Waals surface area contributed by atoms with Gasteiger partial charge in [-0.05, 0) is 106 Å². The standard InChI is InChI=1S/C32H40ClN3O3/c1-4-36(27-12-10-26(33)11-13-27)31(37)24-15-19-35(22-24)18-6-8-28-23(7-5-17-34)16-20-39-30-14-9-25(21-29(28)30)32(2,3)38/h5,7-14,17,21,24,38H,4,6,15-16,18-20,22,34H2,1-3H3/b17-5-,23-7+,28-8?. The van der Waals surface area contributed by atoms with Gasteiger partial charge in [-0.15, -0.1) is 0 Å². The van der Waals surface area contributed by atoms with Crippen molar-refractivity contribution in [1.82, 2.24) is 4.90 Å². The lowest BCUT2D eigenvalue weighted by Crippen LogP contribution is -2.37. The van der Waals surface area contributed by atoms with E-state index in [9.17, 15) is 9.90 Å². The Labute approximate surface area is 237 Å². The molecule has 4 rings (SSSR count). The minimum absolute atomic E-state index is 0.0141. The third-order valence-corrected chi connectivity index (χ3v) is 7.75. The number of anilines is 1. The zero-order valence-corrected chi connectivity index (χ0v) is 24.0. The van der Waals surface area contributed by atoms with Gasteiger partial charge in [0.05, 0.1) is 18.1 Å². The predicted octanol–water partition coefficient (Wildman–Crippen LogP) is 5.90. The summed E-state index contributed by atoms with van der Waals surface area (Å²) in [4.78, 5) is 17.6. The van der Waals surface area contributed by atoms with Gasteiger partial charge in [0.25, 0.3) is 0 Å². The van der Waals surface area contributed by atoms with Gasteiger partial charge in [0.1, 0.15) is 5.75 Å². The Bertz CT molecular complexity index is 1240. The van der Waals surface area contributed by atoms with Gasteiger partial charge in [-0.3, -0.25) is 4.79 Å². The summed E-state index contributed by atoms with van der Waals surface area (Å²) in [6.45, 7) is 9.32. The van der Waals surface area contributed by atoms with Crippen LogP contribution >= 0.6 is 11.6 Å². The number of amides is 1. The molecule has 0 saturated carbocycles. The van der Waals surface area contributed by atoms with Gasteiger partial charge in [-0.1, -0.05) is 29.8 Å². The zero-order valence-electron chi connectivity index (χ0n) is 23.2. The highest BCUT2D eigenvalue weighted by molar-refractivity contribution is 6.30. The van der Waals surface area contributed by atoms with Crippen molar-refractivity contribution >= 4 is 28.8 Å². The Morgan fingerprint density at radius 3 is 2.72 bits per heavy atom. The Hall–Kier alpha value is -3.06. The second-order valence-electron chi connectivity index (χ2n) is 10.7. The average Bonchev–Trinajstić information content (AvgIpc) is 3.31. The lowest BCUT2D eigenvalue weighted by Gasteiger charge is -2.24. The van der Waals surface area contributed by atoms with E-state index in [1.165, 1.54) is 6.20 Å². The van der Waals surface area contributed by atoms with E-state index in [1.807, 2.05) is 66.4 Å². The number of hydrogen-bond acceptors (Lipinski definition) is 5. The quantitative estimate of drug-likeness (QED) is 0.429. The highest BCUT2D eigenvalue weighted by Crippen LogP contribution is 2.38. The topological polar surface area (TPSA) is 79.0 Å². The van der Waals surface area contributed by atoms with Crippen molar-refractivity contribution in [2.45, 2.75) is 45.6 Å². The monoisotopic (exact) mass is 549 g/mol. The molecule has 208 valence electrons. The van der Waals surface area contributed by atoms with Gasteiger partial charge in [0.15, 0.2) is 0 Å². The Kier molecular flexibility index (Phi) is 9.54. The van der Waals surface area contributed by atoms with E-state index < -0.39 is 5.60 Å². The fourth-order valence-corrected chi connectivity index (χ4v) is 5.47. The number of allylic oxidation sites excluding steroid dienone is 3. The number of halogens is 1. The van der Waals surface area contributed by atoms with Crippen molar-refractivity contribution in [1.29, 1.82) is 0 Å². The molecular formula is C32H40ClN3O3. The molecule has 0 spiro atoms. The van der Waals surface area contributed by atoms with Gasteiger partial charge in [-0.25, -0.2) is 0 Å². The van der Waals surface area contributed by atoms with Crippen LogP contribution in [0.25, 0.3) is 5.57 Å². The molecule has 0 radical (unpaired) electrons. The van der Waals surface area contributed by atoms with Gasteiger partial charge < -0.3 is 25.4 Å². The molecule has 2 aliphatic heterocycles. The number of benzene rings is 2. The summed E-state index contributed by atoms with van der Waals surface area (Å²) in [5.74, 6) is 0.983. The maximum Gasteiger partial charge on any atom is 0.231 e. The summed E-state index contributed by atoms with van der Waals surface area (Å²) < 4.78 is 6.07. The fraction of sp³-hybridized carbons (Fsp3) is 0.406. The van der Waals surface area contributed by atoms with Crippen molar-refractivity contribution in [2.24, 2.45) is 11.7 Å². The number of nitrogens with zero attached hydrogens (tertiary/aromatic N) is 2. The number of likely N-dealkylation sites (tertiary alicyclic amines) is 1. The van der Waals surface area contributed by atoms with Crippen LogP contribution in [0.1, 0.15) is 51.2 Å².